The zero-order chi connectivity index (χ0) is 14.9. The largest absolute Gasteiger partial charge is 0.384 e. The topological polar surface area (TPSA) is 53.1 Å². The molecule has 2 aromatic rings. The predicted molar refractivity (Wildman–Crippen MR) is 86.2 cm³/mol. The van der Waals surface area contributed by atoms with Gasteiger partial charge in [-0.15, -0.1) is 0 Å². The maximum atomic E-state index is 7.77. The van der Waals surface area contributed by atoms with Crippen LogP contribution < -0.4 is 10.6 Å². The molecular formula is C17H21N3. The highest BCUT2D eigenvalue weighted by atomic mass is 15.1. The minimum Gasteiger partial charge on any atom is -0.384 e. The van der Waals surface area contributed by atoms with Gasteiger partial charge in [0.25, 0.3) is 0 Å². The molecule has 0 fully saturated rings. The molecule has 0 aromatic heterocycles. The summed E-state index contributed by atoms with van der Waals surface area (Å²) >= 11 is 0. The highest BCUT2D eigenvalue weighted by Gasteiger charge is 2.13. The molecule has 0 unspecified atom stereocenters. The number of anilines is 2. The Morgan fingerprint density at radius 2 is 1.50 bits per heavy atom. The van der Waals surface area contributed by atoms with Crippen LogP contribution in [0.15, 0.2) is 36.4 Å². The molecule has 3 nitrogen and oxygen atoms in total. The fourth-order valence-corrected chi connectivity index (χ4v) is 2.47. The third-order valence-electron chi connectivity index (χ3n) is 3.52. The predicted octanol–water partition coefficient (Wildman–Crippen LogP) is 3.66. The van der Waals surface area contributed by atoms with Crippen molar-refractivity contribution in [3.63, 3.8) is 0 Å². The minimum absolute atomic E-state index is 0.0975. The van der Waals surface area contributed by atoms with Crippen LogP contribution in [0, 0.1) is 26.2 Å². The van der Waals surface area contributed by atoms with Crippen molar-refractivity contribution in [3.05, 3.63) is 58.7 Å². The van der Waals surface area contributed by atoms with Crippen LogP contribution in [0.2, 0.25) is 0 Å². The molecule has 0 aliphatic rings. The summed E-state index contributed by atoms with van der Waals surface area (Å²) in [6.07, 6.45) is 0. The summed E-state index contributed by atoms with van der Waals surface area (Å²) in [5, 5.41) is 7.77. The first-order valence-corrected chi connectivity index (χ1v) is 6.66. The second kappa shape index (κ2) is 5.37. The monoisotopic (exact) mass is 267 g/mol. The molecule has 2 rings (SSSR count). The van der Waals surface area contributed by atoms with Gasteiger partial charge in [-0.1, -0.05) is 29.3 Å². The molecule has 3 N–H and O–H groups in total. The zero-order valence-electron chi connectivity index (χ0n) is 12.5. The first-order chi connectivity index (χ1) is 9.40. The second-order valence-electron chi connectivity index (χ2n) is 5.28. The number of aryl methyl sites for hydroxylation is 3. The maximum absolute atomic E-state index is 7.77. The van der Waals surface area contributed by atoms with Crippen molar-refractivity contribution < 1.29 is 0 Å². The fourth-order valence-electron chi connectivity index (χ4n) is 2.47. The van der Waals surface area contributed by atoms with Crippen LogP contribution in [-0.4, -0.2) is 12.9 Å². The number of hydrogen-bond donors (Lipinski definition) is 2. The minimum atomic E-state index is 0.0975. The van der Waals surface area contributed by atoms with E-state index in [1.807, 2.05) is 32.2 Å². The van der Waals surface area contributed by atoms with E-state index in [-0.39, 0.29) is 5.84 Å². The average Bonchev–Trinajstić information content (AvgIpc) is 2.37. The van der Waals surface area contributed by atoms with Gasteiger partial charge in [0.05, 0.1) is 5.69 Å². The molecular weight excluding hydrogens is 246 g/mol. The number of nitrogens with two attached hydrogens (primary N) is 1. The molecule has 20 heavy (non-hydrogen) atoms. The van der Waals surface area contributed by atoms with Crippen LogP contribution in [0.5, 0.6) is 0 Å². The van der Waals surface area contributed by atoms with Gasteiger partial charge in [-0.05, 0) is 44.5 Å². The van der Waals surface area contributed by atoms with Gasteiger partial charge in [0.1, 0.15) is 5.84 Å². The summed E-state index contributed by atoms with van der Waals surface area (Å²) in [5.41, 5.74) is 12.1. The van der Waals surface area contributed by atoms with Crippen molar-refractivity contribution in [3.8, 4) is 0 Å². The van der Waals surface area contributed by atoms with Gasteiger partial charge in [0.15, 0.2) is 0 Å². The lowest BCUT2D eigenvalue weighted by Gasteiger charge is -2.24. The van der Waals surface area contributed by atoms with E-state index in [2.05, 4.69) is 36.9 Å². The van der Waals surface area contributed by atoms with Gasteiger partial charge in [-0.2, -0.15) is 0 Å². The zero-order valence-corrected chi connectivity index (χ0v) is 12.5. The number of hydrogen-bond acceptors (Lipinski definition) is 2. The molecule has 0 atom stereocenters. The smallest absolute Gasteiger partial charge is 0.124 e. The fraction of sp³-hybridized carbons (Fsp3) is 0.235. The van der Waals surface area contributed by atoms with Crippen LogP contribution in [0.1, 0.15) is 22.3 Å². The van der Waals surface area contributed by atoms with Crippen molar-refractivity contribution in [1.29, 1.82) is 5.41 Å². The molecule has 0 heterocycles. The van der Waals surface area contributed by atoms with Crippen molar-refractivity contribution in [1.82, 2.24) is 0 Å². The Kier molecular flexibility index (Phi) is 3.79. The number of rotatable bonds is 3. The van der Waals surface area contributed by atoms with Crippen LogP contribution in [0.3, 0.4) is 0 Å². The molecule has 0 bridgehead atoms. The summed E-state index contributed by atoms with van der Waals surface area (Å²) in [7, 11) is 2.01. The van der Waals surface area contributed by atoms with Crippen LogP contribution in [0.4, 0.5) is 11.4 Å². The Bertz CT molecular complexity index is 659. The van der Waals surface area contributed by atoms with E-state index in [0.717, 1.165) is 22.5 Å². The molecule has 104 valence electrons. The van der Waals surface area contributed by atoms with Gasteiger partial charge < -0.3 is 10.6 Å². The van der Waals surface area contributed by atoms with E-state index in [9.17, 15) is 0 Å². The van der Waals surface area contributed by atoms with Crippen molar-refractivity contribution in [2.45, 2.75) is 20.8 Å². The molecule has 0 saturated heterocycles. The molecule has 0 spiro atoms. The Morgan fingerprint density at radius 1 is 0.950 bits per heavy atom. The van der Waals surface area contributed by atoms with Gasteiger partial charge >= 0.3 is 0 Å². The molecule has 0 aliphatic heterocycles. The van der Waals surface area contributed by atoms with Crippen LogP contribution in [0.25, 0.3) is 0 Å². The Labute approximate surface area is 120 Å². The Morgan fingerprint density at radius 3 is 2.05 bits per heavy atom. The van der Waals surface area contributed by atoms with E-state index in [0.29, 0.717) is 0 Å². The van der Waals surface area contributed by atoms with Crippen molar-refractivity contribution >= 4 is 17.2 Å². The van der Waals surface area contributed by atoms with Gasteiger partial charge in [-0.25, -0.2) is 0 Å². The Hall–Kier alpha value is -2.29. The van der Waals surface area contributed by atoms with Crippen LogP contribution >= 0.6 is 0 Å². The number of amidine groups is 1. The molecule has 0 amide bonds. The number of nitrogens with one attached hydrogen (secondary N) is 1. The Balaban J connectivity index is 2.53. The van der Waals surface area contributed by atoms with E-state index in [4.69, 9.17) is 11.1 Å². The first-order valence-electron chi connectivity index (χ1n) is 6.66. The lowest BCUT2D eigenvalue weighted by molar-refractivity contribution is 1.17. The highest BCUT2D eigenvalue weighted by molar-refractivity contribution is 6.01. The summed E-state index contributed by atoms with van der Waals surface area (Å²) in [6.45, 7) is 6.19. The highest BCUT2D eigenvalue weighted by Crippen LogP contribution is 2.30. The SMILES string of the molecule is Cc1ccc(N(C)c2ccc(C)cc2C(=N)N)c(C)c1. The number of benzene rings is 2. The second-order valence-corrected chi connectivity index (χ2v) is 5.28. The maximum Gasteiger partial charge on any atom is 0.124 e. The summed E-state index contributed by atoms with van der Waals surface area (Å²) in [4.78, 5) is 2.09. The summed E-state index contributed by atoms with van der Waals surface area (Å²) in [6, 6.07) is 12.4. The summed E-state index contributed by atoms with van der Waals surface area (Å²) < 4.78 is 0. The van der Waals surface area contributed by atoms with Crippen LogP contribution in [-0.2, 0) is 0 Å². The molecule has 0 aliphatic carbocycles. The summed E-state index contributed by atoms with van der Waals surface area (Å²) in [5.74, 6) is 0.0975. The lowest BCUT2D eigenvalue weighted by Crippen LogP contribution is -2.19. The molecule has 0 radical (unpaired) electrons. The van der Waals surface area contributed by atoms with E-state index >= 15 is 0 Å². The number of nitrogen functional groups attached to an aromatic ring is 1. The molecule has 2 aromatic carbocycles. The molecule has 0 saturated carbocycles. The lowest BCUT2D eigenvalue weighted by atomic mass is 10.1. The van der Waals surface area contributed by atoms with Gasteiger partial charge in [0, 0.05) is 18.3 Å². The first kappa shape index (κ1) is 14.1. The standard InChI is InChI=1S/C17H21N3/c1-11-5-7-15(13(3)9-11)20(4)16-8-6-12(2)10-14(16)17(18)19/h5-10H,1-4H3,(H3,18,19). The normalized spacial score (nSPS) is 10.4. The average molecular weight is 267 g/mol. The third-order valence-corrected chi connectivity index (χ3v) is 3.52. The van der Waals surface area contributed by atoms with E-state index < -0.39 is 0 Å². The van der Waals surface area contributed by atoms with Crippen molar-refractivity contribution in [2.75, 3.05) is 11.9 Å². The molecule has 3 heteroatoms. The van der Waals surface area contributed by atoms with Crippen molar-refractivity contribution in [2.24, 2.45) is 5.73 Å². The van der Waals surface area contributed by atoms with Gasteiger partial charge in [0.2, 0.25) is 0 Å². The number of nitrogens with zero attached hydrogens (tertiary/aromatic N) is 1. The van der Waals surface area contributed by atoms with E-state index in [1.165, 1.54) is 11.1 Å². The third kappa shape index (κ3) is 2.67. The quantitative estimate of drug-likeness (QED) is 0.658. The van der Waals surface area contributed by atoms with E-state index in [1.54, 1.807) is 0 Å². The van der Waals surface area contributed by atoms with Gasteiger partial charge in [-0.3, -0.25) is 5.41 Å².